The predicted molar refractivity (Wildman–Crippen MR) is 244 cm³/mol. The molecule has 0 aromatic heterocycles. The molecule has 6 heteroatoms. The zero-order valence-corrected chi connectivity index (χ0v) is 37.6. The van der Waals surface area contributed by atoms with Crippen molar-refractivity contribution in [3.63, 3.8) is 0 Å². The summed E-state index contributed by atoms with van der Waals surface area (Å²) < 4.78 is 21.1. The van der Waals surface area contributed by atoms with Gasteiger partial charge >= 0.3 is 0 Å². The van der Waals surface area contributed by atoms with Crippen LogP contribution in [0.1, 0.15) is 74.9 Å². The Morgan fingerprint density at radius 3 is 0.982 bits per heavy atom. The Kier molecular flexibility index (Phi) is 8.61. The van der Waals surface area contributed by atoms with Crippen molar-refractivity contribution in [3.8, 4) is 34.5 Å². The predicted octanol–water partition coefficient (Wildman–Crippen LogP) is 10.2. The molecule has 6 aromatic carbocycles. The fraction of sp³-hybridized carbons (Fsp3) is 0.280. The molecule has 0 amide bonds. The lowest BCUT2D eigenvalue weighted by molar-refractivity contribution is 0.487. The average molecular weight is 791 g/mol. The summed E-state index contributed by atoms with van der Waals surface area (Å²) in [6.45, 7) is 28.0. The zero-order valence-electron chi connectivity index (χ0n) is 34.9. The van der Waals surface area contributed by atoms with Crippen molar-refractivity contribution in [1.82, 2.24) is 0 Å². The van der Waals surface area contributed by atoms with Gasteiger partial charge in [0.2, 0.25) is 0 Å². The van der Waals surface area contributed by atoms with E-state index in [4.69, 9.17) is 14.2 Å². The third-order valence-corrected chi connectivity index (χ3v) is 20.2. The van der Waals surface area contributed by atoms with Gasteiger partial charge in [0.15, 0.2) is 0 Å². The van der Waals surface area contributed by atoms with Crippen molar-refractivity contribution < 1.29 is 14.2 Å². The highest BCUT2D eigenvalue weighted by Gasteiger charge is 2.45. The highest BCUT2D eigenvalue weighted by Crippen LogP contribution is 2.51. The SMILES string of the molecule is Cc1ccc2c(c1)P(c1cc(C(C)(C)C)cc3c1Oc1c(P4c5cc(C)ccc5Oc5ccc(C)cc54)cc(C(C)(C)C)cc1[Si]3(C)C)c1cc(C)ccc1O2. The fourth-order valence-corrected chi connectivity index (χ4v) is 16.9. The molecular weight excluding hydrogens is 739 g/mol. The molecule has 0 unspecified atom stereocenters. The minimum Gasteiger partial charge on any atom is -0.456 e. The van der Waals surface area contributed by atoms with E-state index < -0.39 is 23.9 Å². The minimum absolute atomic E-state index is 0.0616. The lowest BCUT2D eigenvalue weighted by Gasteiger charge is -2.41. The monoisotopic (exact) mass is 790 g/mol. The molecule has 0 fully saturated rings. The number of aryl methyl sites for hydroxylation is 4. The van der Waals surface area contributed by atoms with Crippen LogP contribution in [0.5, 0.6) is 34.5 Å². The average Bonchev–Trinajstić information content (AvgIpc) is 3.12. The number of benzene rings is 6. The largest absolute Gasteiger partial charge is 0.456 e. The normalized spacial score (nSPS) is 15.6. The molecule has 0 bridgehead atoms. The summed E-state index contributed by atoms with van der Waals surface area (Å²) in [5, 5.41) is 10.4. The topological polar surface area (TPSA) is 27.7 Å². The van der Waals surface area contributed by atoms with E-state index in [9.17, 15) is 0 Å². The van der Waals surface area contributed by atoms with Gasteiger partial charge in [-0.1, -0.05) is 113 Å². The molecule has 3 aliphatic rings. The Morgan fingerprint density at radius 1 is 0.393 bits per heavy atom. The van der Waals surface area contributed by atoms with Gasteiger partial charge in [0.1, 0.15) is 42.6 Å². The van der Waals surface area contributed by atoms with Gasteiger partial charge in [-0.25, -0.2) is 0 Å². The fourth-order valence-electron chi connectivity index (χ4n) is 8.38. The lowest BCUT2D eigenvalue weighted by atomic mass is 9.87. The molecule has 6 aromatic rings. The quantitative estimate of drug-likeness (QED) is 0.129. The van der Waals surface area contributed by atoms with Crippen molar-refractivity contribution in [1.29, 1.82) is 0 Å². The number of hydrogen-bond donors (Lipinski definition) is 0. The van der Waals surface area contributed by atoms with Gasteiger partial charge in [-0.05, 0) is 137 Å². The van der Waals surface area contributed by atoms with Gasteiger partial charge in [0.05, 0.1) is 0 Å². The van der Waals surface area contributed by atoms with E-state index in [0.717, 1.165) is 34.5 Å². The van der Waals surface area contributed by atoms with E-state index in [1.165, 1.54) is 75.6 Å². The Hall–Kier alpha value is -4.20. The van der Waals surface area contributed by atoms with Crippen molar-refractivity contribution in [2.24, 2.45) is 0 Å². The molecule has 0 radical (unpaired) electrons. The van der Waals surface area contributed by atoms with Crippen LogP contribution in [0.15, 0.2) is 97.1 Å². The lowest BCUT2D eigenvalue weighted by Crippen LogP contribution is -2.59. The van der Waals surface area contributed by atoms with Crippen LogP contribution in [0, 0.1) is 27.7 Å². The van der Waals surface area contributed by atoms with Crippen molar-refractivity contribution in [2.75, 3.05) is 0 Å². The first kappa shape index (κ1) is 37.4. The molecule has 0 N–H and O–H groups in total. The Labute approximate surface area is 337 Å². The van der Waals surface area contributed by atoms with E-state index in [-0.39, 0.29) is 10.8 Å². The van der Waals surface area contributed by atoms with Crippen molar-refractivity contribution in [3.05, 3.63) is 130 Å². The summed E-state index contributed by atoms with van der Waals surface area (Å²) in [6, 6.07) is 36.8. The number of fused-ring (bicyclic) bond motifs is 6. The Morgan fingerprint density at radius 2 is 0.696 bits per heavy atom. The molecule has 9 rings (SSSR count). The molecule has 0 saturated carbocycles. The van der Waals surface area contributed by atoms with Gasteiger partial charge in [-0.3, -0.25) is 0 Å². The van der Waals surface area contributed by atoms with Gasteiger partial charge in [0.25, 0.3) is 0 Å². The summed E-state index contributed by atoms with van der Waals surface area (Å²) in [5.74, 6) is 5.89. The summed E-state index contributed by atoms with van der Waals surface area (Å²) in [6.07, 6.45) is 0. The van der Waals surface area contributed by atoms with Gasteiger partial charge in [-0.2, -0.15) is 0 Å². The number of hydrogen-bond acceptors (Lipinski definition) is 3. The summed E-state index contributed by atoms with van der Waals surface area (Å²) in [7, 11) is -4.47. The standard InChI is InChI=1S/C50H52O3P2Si/c1-29-13-17-35-39(21-29)54(40-22-30(2)14-18-36(40)51-35)43-25-33(49(5,6)7)27-45-47(43)53-48-44(26-34(50(8,9)10)28-46(48)56(45,11)12)55-41-23-31(3)15-19-37(41)52-38-20-16-32(4)24-42(38)55/h13-28H,1-12H3. The van der Waals surface area contributed by atoms with Crippen LogP contribution in [0.4, 0.5) is 0 Å². The van der Waals surface area contributed by atoms with E-state index in [0.29, 0.717) is 0 Å². The van der Waals surface area contributed by atoms with Crippen molar-refractivity contribution >= 4 is 66.1 Å². The van der Waals surface area contributed by atoms with Crippen LogP contribution in [0.3, 0.4) is 0 Å². The molecule has 0 aliphatic carbocycles. The summed E-state index contributed by atoms with van der Waals surface area (Å²) in [4.78, 5) is 0. The summed E-state index contributed by atoms with van der Waals surface area (Å²) >= 11 is 0. The van der Waals surface area contributed by atoms with E-state index in [1.54, 1.807) is 0 Å². The Balaban J connectivity index is 1.37. The maximum absolute atomic E-state index is 7.78. The van der Waals surface area contributed by atoms with Crippen LogP contribution in [0.25, 0.3) is 0 Å². The molecule has 0 atom stereocenters. The molecule has 0 saturated heterocycles. The second-order valence-corrected chi connectivity index (χ2v) is 27.3. The Bertz CT molecular complexity index is 2340. The molecule has 3 nitrogen and oxygen atoms in total. The van der Waals surface area contributed by atoms with Crippen molar-refractivity contribution in [2.45, 2.75) is 93.2 Å². The highest BCUT2D eigenvalue weighted by molar-refractivity contribution is 7.81. The third-order valence-electron chi connectivity index (χ3n) is 11.8. The molecule has 0 spiro atoms. The summed E-state index contributed by atoms with van der Waals surface area (Å²) in [5.41, 5.74) is 7.53. The third kappa shape index (κ3) is 6.07. The molecule has 3 heterocycles. The van der Waals surface area contributed by atoms with Crippen LogP contribution in [-0.4, -0.2) is 8.07 Å². The maximum Gasteiger partial charge on any atom is 0.135 e. The van der Waals surface area contributed by atoms with Gasteiger partial charge < -0.3 is 14.2 Å². The van der Waals surface area contributed by atoms with Crippen LogP contribution < -0.4 is 56.4 Å². The van der Waals surface area contributed by atoms with E-state index >= 15 is 0 Å². The van der Waals surface area contributed by atoms with Gasteiger partial charge in [-0.15, -0.1) is 0 Å². The molecule has 3 aliphatic heterocycles. The second kappa shape index (κ2) is 12.9. The first-order chi connectivity index (χ1) is 26.4. The molecular formula is C50H52O3P2Si. The molecule has 284 valence electrons. The molecule has 56 heavy (non-hydrogen) atoms. The van der Waals surface area contributed by atoms with Crippen LogP contribution in [0.2, 0.25) is 13.1 Å². The number of ether oxygens (including phenoxy) is 3. The van der Waals surface area contributed by atoms with Crippen LogP contribution >= 0.6 is 15.8 Å². The highest BCUT2D eigenvalue weighted by atomic mass is 31.1. The first-order valence-electron chi connectivity index (χ1n) is 19.8. The smallest absolute Gasteiger partial charge is 0.135 e. The number of rotatable bonds is 2. The maximum atomic E-state index is 7.78. The van der Waals surface area contributed by atoms with Gasteiger partial charge in [0, 0.05) is 31.8 Å². The zero-order chi connectivity index (χ0) is 39.6. The van der Waals surface area contributed by atoms with E-state index in [1.807, 2.05) is 0 Å². The second-order valence-electron chi connectivity index (χ2n) is 18.7. The first-order valence-corrected chi connectivity index (χ1v) is 25.5. The minimum atomic E-state index is -2.42. The van der Waals surface area contributed by atoms with Crippen LogP contribution in [-0.2, 0) is 10.8 Å². The van der Waals surface area contributed by atoms with E-state index in [2.05, 4.69) is 179 Å².